The van der Waals surface area contributed by atoms with Gasteiger partial charge in [0.1, 0.15) is 6.29 Å². The lowest BCUT2D eigenvalue weighted by Gasteiger charge is -2.06. The minimum Gasteiger partial charge on any atom is -0.303 e. The summed E-state index contributed by atoms with van der Waals surface area (Å²) in [5.74, 6) is -9.94. The van der Waals surface area contributed by atoms with Crippen LogP contribution in [0.25, 0.3) is 0 Å². The van der Waals surface area contributed by atoms with Crippen molar-refractivity contribution in [1.82, 2.24) is 0 Å². The summed E-state index contributed by atoms with van der Waals surface area (Å²) in [6, 6.07) is 0. The van der Waals surface area contributed by atoms with E-state index < -0.39 is 41.1 Å². The highest BCUT2D eigenvalue weighted by molar-refractivity contribution is 5.50. The first-order chi connectivity index (χ1) is 7.00. The Bertz CT molecular complexity index is 373. The summed E-state index contributed by atoms with van der Waals surface area (Å²) in [4.78, 5) is 9.93. The second kappa shape index (κ2) is 4.37. The molecule has 0 aliphatic carbocycles. The normalized spacial score (nSPS) is 10.5. The molecule has 1 nitrogen and oxygen atoms in total. The van der Waals surface area contributed by atoms with Crippen molar-refractivity contribution >= 4 is 6.29 Å². The van der Waals surface area contributed by atoms with Crippen LogP contribution in [0.2, 0.25) is 0 Å². The Morgan fingerprint density at radius 3 is 1.60 bits per heavy atom. The van der Waals surface area contributed by atoms with Gasteiger partial charge < -0.3 is 4.79 Å². The van der Waals surface area contributed by atoms with Gasteiger partial charge in [0, 0.05) is 12.0 Å². The number of hydrogen-bond acceptors (Lipinski definition) is 1. The molecular formula is C9H5F5O. The second-order valence-corrected chi connectivity index (χ2v) is 2.75. The lowest BCUT2D eigenvalue weighted by Crippen LogP contribution is -2.07. The molecule has 0 N–H and O–H groups in total. The molecule has 0 saturated heterocycles. The molecule has 1 aromatic carbocycles. The minimum absolute atomic E-state index is 0.307. The zero-order chi connectivity index (χ0) is 11.6. The van der Waals surface area contributed by atoms with Crippen LogP contribution >= 0.6 is 0 Å². The van der Waals surface area contributed by atoms with Gasteiger partial charge in [-0.05, 0) is 6.42 Å². The van der Waals surface area contributed by atoms with E-state index in [2.05, 4.69) is 0 Å². The molecule has 6 heteroatoms. The fourth-order valence-electron chi connectivity index (χ4n) is 1.07. The lowest BCUT2D eigenvalue weighted by atomic mass is 10.1. The molecule has 0 fully saturated rings. The number of hydrogen-bond donors (Lipinski definition) is 0. The van der Waals surface area contributed by atoms with Crippen molar-refractivity contribution in [3.8, 4) is 0 Å². The number of carbonyl (C=O) groups excluding carboxylic acids is 1. The first-order valence-corrected chi connectivity index (χ1v) is 3.94. The maximum Gasteiger partial charge on any atom is 0.200 e. The van der Waals surface area contributed by atoms with Gasteiger partial charge in [-0.25, -0.2) is 22.0 Å². The lowest BCUT2D eigenvalue weighted by molar-refractivity contribution is -0.107. The third-order valence-electron chi connectivity index (χ3n) is 1.81. The summed E-state index contributed by atoms with van der Waals surface area (Å²) in [6.07, 6.45) is -0.494. The van der Waals surface area contributed by atoms with Gasteiger partial charge in [0.15, 0.2) is 23.3 Å². The zero-order valence-electron chi connectivity index (χ0n) is 7.29. The van der Waals surface area contributed by atoms with Crippen LogP contribution < -0.4 is 0 Å². The Labute approximate surface area is 81.5 Å². The molecule has 0 unspecified atom stereocenters. The van der Waals surface area contributed by atoms with Gasteiger partial charge in [-0.2, -0.15) is 0 Å². The molecule has 1 aromatic rings. The first kappa shape index (κ1) is 11.6. The van der Waals surface area contributed by atoms with E-state index in [0.29, 0.717) is 6.29 Å². The van der Waals surface area contributed by atoms with Crippen molar-refractivity contribution in [2.24, 2.45) is 0 Å². The van der Waals surface area contributed by atoms with Crippen LogP contribution in [0.1, 0.15) is 12.0 Å². The maximum atomic E-state index is 12.9. The van der Waals surface area contributed by atoms with Crippen molar-refractivity contribution in [1.29, 1.82) is 0 Å². The van der Waals surface area contributed by atoms with Gasteiger partial charge in [0.05, 0.1) is 0 Å². The second-order valence-electron chi connectivity index (χ2n) is 2.75. The van der Waals surface area contributed by atoms with Crippen molar-refractivity contribution in [2.75, 3.05) is 0 Å². The number of halogens is 5. The standard InChI is InChI=1S/C9H5F5O/c10-5-4(2-1-3-15)6(11)8(13)9(14)7(5)12/h3H,1-2H2. The third-order valence-corrected chi connectivity index (χ3v) is 1.81. The van der Waals surface area contributed by atoms with Gasteiger partial charge in [-0.15, -0.1) is 0 Å². The van der Waals surface area contributed by atoms with Crippen LogP contribution in [0, 0.1) is 29.1 Å². The summed E-state index contributed by atoms with van der Waals surface area (Å²) in [7, 11) is 0. The molecular weight excluding hydrogens is 219 g/mol. The van der Waals surface area contributed by atoms with Crippen LogP contribution in [0.3, 0.4) is 0 Å². The minimum atomic E-state index is -2.19. The quantitative estimate of drug-likeness (QED) is 0.333. The predicted octanol–water partition coefficient (Wildman–Crippen LogP) is 2.51. The van der Waals surface area contributed by atoms with E-state index in [0.717, 1.165) is 0 Å². The van der Waals surface area contributed by atoms with Crippen LogP contribution in [0.4, 0.5) is 22.0 Å². The molecule has 1 rings (SSSR count). The molecule has 0 amide bonds. The average molecular weight is 224 g/mol. The fraction of sp³-hybridized carbons (Fsp3) is 0.222. The summed E-state index contributed by atoms with van der Waals surface area (Å²) in [5, 5.41) is 0. The van der Waals surface area contributed by atoms with Crippen molar-refractivity contribution < 1.29 is 26.7 Å². The van der Waals surface area contributed by atoms with Crippen LogP contribution in [-0.4, -0.2) is 6.29 Å². The number of carbonyl (C=O) groups is 1. The Balaban J connectivity index is 3.31. The molecule has 0 spiro atoms. The van der Waals surface area contributed by atoms with E-state index in [9.17, 15) is 26.7 Å². The summed E-state index contributed by atoms with van der Waals surface area (Å²) < 4.78 is 63.5. The fourth-order valence-corrected chi connectivity index (χ4v) is 1.07. The SMILES string of the molecule is O=CCCc1c(F)c(F)c(F)c(F)c1F. The molecule has 0 atom stereocenters. The highest BCUT2D eigenvalue weighted by Crippen LogP contribution is 2.23. The number of benzene rings is 1. The average Bonchev–Trinajstić information content (AvgIpc) is 2.24. The molecule has 0 radical (unpaired) electrons. The van der Waals surface area contributed by atoms with Crippen molar-refractivity contribution in [3.63, 3.8) is 0 Å². The van der Waals surface area contributed by atoms with Gasteiger partial charge >= 0.3 is 0 Å². The van der Waals surface area contributed by atoms with Crippen molar-refractivity contribution in [2.45, 2.75) is 12.8 Å². The molecule has 0 aromatic heterocycles. The molecule has 15 heavy (non-hydrogen) atoms. The van der Waals surface area contributed by atoms with Gasteiger partial charge in [0.25, 0.3) is 0 Å². The van der Waals surface area contributed by atoms with Gasteiger partial charge in [0.2, 0.25) is 5.82 Å². The van der Waals surface area contributed by atoms with Gasteiger partial charge in [-0.3, -0.25) is 0 Å². The zero-order valence-corrected chi connectivity index (χ0v) is 7.29. The highest BCUT2D eigenvalue weighted by Gasteiger charge is 2.24. The van der Waals surface area contributed by atoms with Crippen LogP contribution in [0.15, 0.2) is 0 Å². The van der Waals surface area contributed by atoms with Crippen LogP contribution in [0.5, 0.6) is 0 Å². The molecule has 0 saturated carbocycles. The predicted molar refractivity (Wildman–Crippen MR) is 40.6 cm³/mol. The monoisotopic (exact) mass is 224 g/mol. The van der Waals surface area contributed by atoms with E-state index >= 15 is 0 Å². The Hall–Kier alpha value is -1.46. The largest absolute Gasteiger partial charge is 0.303 e. The van der Waals surface area contributed by atoms with E-state index in [1.807, 2.05) is 0 Å². The molecule has 82 valence electrons. The molecule has 0 aliphatic heterocycles. The number of aldehydes is 1. The molecule has 0 bridgehead atoms. The van der Waals surface area contributed by atoms with E-state index in [-0.39, 0.29) is 6.42 Å². The number of rotatable bonds is 3. The van der Waals surface area contributed by atoms with Crippen molar-refractivity contribution in [3.05, 3.63) is 34.6 Å². The Morgan fingerprint density at radius 2 is 1.20 bits per heavy atom. The maximum absolute atomic E-state index is 12.9. The Kier molecular flexibility index (Phi) is 3.39. The van der Waals surface area contributed by atoms with Crippen LogP contribution in [-0.2, 0) is 11.2 Å². The summed E-state index contributed by atoms with van der Waals surface area (Å²) in [5.41, 5.74) is -0.960. The van der Waals surface area contributed by atoms with Gasteiger partial charge in [-0.1, -0.05) is 0 Å². The summed E-state index contributed by atoms with van der Waals surface area (Å²) >= 11 is 0. The van der Waals surface area contributed by atoms with E-state index in [4.69, 9.17) is 0 Å². The Morgan fingerprint density at radius 1 is 0.800 bits per heavy atom. The smallest absolute Gasteiger partial charge is 0.200 e. The summed E-state index contributed by atoms with van der Waals surface area (Å²) in [6.45, 7) is 0. The van der Waals surface area contributed by atoms with E-state index in [1.165, 1.54) is 0 Å². The highest BCUT2D eigenvalue weighted by atomic mass is 19.2. The molecule has 0 heterocycles. The molecule has 0 aliphatic rings. The topological polar surface area (TPSA) is 17.1 Å². The first-order valence-electron chi connectivity index (χ1n) is 3.94. The van der Waals surface area contributed by atoms with E-state index in [1.54, 1.807) is 0 Å². The third kappa shape index (κ3) is 1.98.